The number of nitrogens with one attached hydrogen (secondary N) is 1. The van der Waals surface area contributed by atoms with Crippen LogP contribution in [0, 0.1) is 16.0 Å². The fourth-order valence-corrected chi connectivity index (χ4v) is 3.26. The standard InChI is InChI=1S/C18H23N3O6/c22-17(11-27-16-3-1-2-14(8-16)21(25)26)19-13-6-15(7-13)20(10-18(23)24)9-12-4-5-12/h1-3,8,12-13,15H,4-7,9-11H2,(H,19,22)(H,23,24). The highest BCUT2D eigenvalue weighted by Crippen LogP contribution is 2.33. The Hall–Kier alpha value is -2.68. The molecule has 27 heavy (non-hydrogen) atoms. The second-order valence-corrected chi connectivity index (χ2v) is 7.20. The molecule has 2 aliphatic carbocycles. The Balaban J connectivity index is 1.40. The molecule has 0 unspecified atom stereocenters. The molecule has 2 aliphatic rings. The van der Waals surface area contributed by atoms with Gasteiger partial charge in [-0.05, 0) is 37.7 Å². The molecule has 3 rings (SSSR count). The van der Waals surface area contributed by atoms with E-state index in [1.165, 1.54) is 18.2 Å². The fourth-order valence-electron chi connectivity index (χ4n) is 3.26. The molecule has 0 spiro atoms. The summed E-state index contributed by atoms with van der Waals surface area (Å²) in [6.07, 6.45) is 3.78. The van der Waals surface area contributed by atoms with Gasteiger partial charge in [-0.25, -0.2) is 0 Å². The lowest BCUT2D eigenvalue weighted by Crippen LogP contribution is -2.55. The summed E-state index contributed by atoms with van der Waals surface area (Å²) in [5.41, 5.74) is -0.0936. The molecule has 2 N–H and O–H groups in total. The van der Waals surface area contributed by atoms with E-state index in [1.807, 2.05) is 4.90 Å². The Bertz CT molecular complexity index is 715. The Labute approximate surface area is 156 Å². The molecule has 0 saturated heterocycles. The van der Waals surface area contributed by atoms with Crippen LogP contribution in [0.5, 0.6) is 5.75 Å². The third kappa shape index (κ3) is 5.65. The van der Waals surface area contributed by atoms with Gasteiger partial charge in [0.2, 0.25) is 0 Å². The number of hydrogen-bond donors (Lipinski definition) is 2. The number of nitro groups is 1. The van der Waals surface area contributed by atoms with Crippen LogP contribution in [0.4, 0.5) is 5.69 Å². The van der Waals surface area contributed by atoms with Crippen molar-refractivity contribution in [3.05, 3.63) is 34.4 Å². The lowest BCUT2D eigenvalue weighted by Gasteiger charge is -2.42. The number of non-ortho nitro benzene ring substituents is 1. The number of carboxylic acid groups (broad SMARTS) is 1. The Morgan fingerprint density at radius 1 is 1.33 bits per heavy atom. The first-order chi connectivity index (χ1) is 12.9. The predicted molar refractivity (Wildman–Crippen MR) is 95.5 cm³/mol. The quantitative estimate of drug-likeness (QED) is 0.467. The van der Waals surface area contributed by atoms with Gasteiger partial charge < -0.3 is 15.2 Å². The molecule has 1 aromatic rings. The SMILES string of the molecule is O=C(O)CN(CC1CC1)C1CC(NC(=O)COc2cccc([N+](=O)[O-])c2)C1. The lowest BCUT2D eigenvalue weighted by molar-refractivity contribution is -0.384. The first-order valence-corrected chi connectivity index (χ1v) is 9.03. The van der Waals surface area contributed by atoms with Gasteiger partial charge in [-0.3, -0.25) is 24.6 Å². The Morgan fingerprint density at radius 3 is 2.70 bits per heavy atom. The second kappa shape index (κ2) is 8.34. The minimum absolute atomic E-state index is 0.00621. The van der Waals surface area contributed by atoms with Crippen molar-refractivity contribution >= 4 is 17.6 Å². The number of carboxylic acids is 1. The van der Waals surface area contributed by atoms with Crippen molar-refractivity contribution in [1.29, 1.82) is 0 Å². The van der Waals surface area contributed by atoms with Crippen molar-refractivity contribution in [2.75, 3.05) is 19.7 Å². The predicted octanol–water partition coefficient (Wildman–Crippen LogP) is 1.42. The van der Waals surface area contributed by atoms with E-state index in [2.05, 4.69) is 5.32 Å². The third-order valence-electron chi connectivity index (χ3n) is 4.92. The summed E-state index contributed by atoms with van der Waals surface area (Å²) in [6.45, 7) is 0.633. The molecule has 2 saturated carbocycles. The highest BCUT2D eigenvalue weighted by Gasteiger charge is 2.37. The van der Waals surface area contributed by atoms with Crippen LogP contribution in [0.2, 0.25) is 0 Å². The molecule has 9 heteroatoms. The zero-order valence-electron chi connectivity index (χ0n) is 14.9. The molecule has 0 aliphatic heterocycles. The van der Waals surface area contributed by atoms with Gasteiger partial charge in [0.15, 0.2) is 6.61 Å². The summed E-state index contributed by atoms with van der Waals surface area (Å²) in [6, 6.07) is 5.87. The van der Waals surface area contributed by atoms with Crippen molar-refractivity contribution in [3.63, 3.8) is 0 Å². The number of hydrogen-bond acceptors (Lipinski definition) is 6. The number of benzene rings is 1. The number of amides is 1. The van der Waals surface area contributed by atoms with Crippen molar-refractivity contribution in [3.8, 4) is 5.75 Å². The summed E-state index contributed by atoms with van der Waals surface area (Å²) in [7, 11) is 0. The van der Waals surface area contributed by atoms with Gasteiger partial charge in [-0.1, -0.05) is 6.07 Å². The third-order valence-corrected chi connectivity index (χ3v) is 4.92. The van der Waals surface area contributed by atoms with E-state index in [1.54, 1.807) is 6.07 Å². The lowest BCUT2D eigenvalue weighted by atomic mass is 9.85. The van der Waals surface area contributed by atoms with Crippen LogP contribution in [0.3, 0.4) is 0 Å². The highest BCUT2D eigenvalue weighted by molar-refractivity contribution is 5.78. The van der Waals surface area contributed by atoms with E-state index < -0.39 is 10.9 Å². The van der Waals surface area contributed by atoms with Crippen molar-refractivity contribution < 1.29 is 24.4 Å². The largest absolute Gasteiger partial charge is 0.484 e. The maximum Gasteiger partial charge on any atom is 0.317 e. The second-order valence-electron chi connectivity index (χ2n) is 7.20. The number of carbonyl (C=O) groups excluding carboxylic acids is 1. The highest BCUT2D eigenvalue weighted by atomic mass is 16.6. The Morgan fingerprint density at radius 2 is 2.07 bits per heavy atom. The van der Waals surface area contributed by atoms with E-state index in [9.17, 15) is 19.7 Å². The molecule has 1 aromatic carbocycles. The zero-order chi connectivity index (χ0) is 19.4. The van der Waals surface area contributed by atoms with Crippen LogP contribution in [-0.4, -0.2) is 58.6 Å². The number of nitrogens with zero attached hydrogens (tertiary/aromatic N) is 2. The maximum absolute atomic E-state index is 12.0. The van der Waals surface area contributed by atoms with Crippen LogP contribution in [-0.2, 0) is 9.59 Å². The van der Waals surface area contributed by atoms with Gasteiger partial charge in [0.25, 0.3) is 11.6 Å². The summed E-state index contributed by atoms with van der Waals surface area (Å²) < 4.78 is 5.31. The van der Waals surface area contributed by atoms with Crippen LogP contribution in [0.25, 0.3) is 0 Å². The molecular formula is C18H23N3O6. The average molecular weight is 377 g/mol. The molecular weight excluding hydrogens is 354 g/mol. The van der Waals surface area contributed by atoms with Gasteiger partial charge in [0, 0.05) is 24.7 Å². The number of rotatable bonds is 10. The molecule has 2 fully saturated rings. The van der Waals surface area contributed by atoms with Crippen molar-refractivity contribution in [2.24, 2.45) is 5.92 Å². The summed E-state index contributed by atoms with van der Waals surface area (Å²) in [5.74, 6) is -0.241. The first-order valence-electron chi connectivity index (χ1n) is 9.03. The molecule has 0 aromatic heterocycles. The summed E-state index contributed by atoms with van der Waals surface area (Å²) in [4.78, 5) is 35.3. The topological polar surface area (TPSA) is 122 Å². The number of ether oxygens (including phenoxy) is 1. The first kappa shape index (κ1) is 19.1. The molecule has 1 amide bonds. The van der Waals surface area contributed by atoms with Gasteiger partial charge >= 0.3 is 5.97 Å². The molecule has 9 nitrogen and oxygen atoms in total. The number of carbonyl (C=O) groups is 2. The van der Waals surface area contributed by atoms with E-state index in [-0.39, 0.29) is 42.6 Å². The normalized spacial score (nSPS) is 21.4. The van der Waals surface area contributed by atoms with Crippen LogP contribution < -0.4 is 10.1 Å². The van der Waals surface area contributed by atoms with Crippen LogP contribution >= 0.6 is 0 Å². The van der Waals surface area contributed by atoms with Crippen LogP contribution in [0.1, 0.15) is 25.7 Å². The van der Waals surface area contributed by atoms with Gasteiger partial charge in [0.05, 0.1) is 17.5 Å². The van der Waals surface area contributed by atoms with Crippen LogP contribution in [0.15, 0.2) is 24.3 Å². The molecule has 146 valence electrons. The molecule has 0 heterocycles. The van der Waals surface area contributed by atoms with Crippen molar-refractivity contribution in [1.82, 2.24) is 10.2 Å². The Kier molecular flexibility index (Phi) is 5.90. The smallest absolute Gasteiger partial charge is 0.317 e. The number of aliphatic carboxylic acids is 1. The van der Waals surface area contributed by atoms with Gasteiger partial charge in [-0.2, -0.15) is 0 Å². The monoisotopic (exact) mass is 377 g/mol. The minimum Gasteiger partial charge on any atom is -0.484 e. The van der Waals surface area contributed by atoms with E-state index in [4.69, 9.17) is 9.84 Å². The number of nitro benzene ring substituents is 1. The molecule has 0 bridgehead atoms. The summed E-state index contributed by atoms with van der Waals surface area (Å²) >= 11 is 0. The molecule has 0 radical (unpaired) electrons. The fraction of sp³-hybridized carbons (Fsp3) is 0.556. The zero-order valence-corrected chi connectivity index (χ0v) is 14.9. The van der Waals surface area contributed by atoms with Gasteiger partial charge in [0.1, 0.15) is 5.75 Å². The average Bonchev–Trinajstić information content (AvgIpc) is 3.39. The van der Waals surface area contributed by atoms with E-state index in [0.717, 1.165) is 32.2 Å². The summed E-state index contributed by atoms with van der Waals surface area (Å²) in [5, 5.41) is 22.7. The van der Waals surface area contributed by atoms with Gasteiger partial charge in [-0.15, -0.1) is 0 Å². The minimum atomic E-state index is -0.825. The van der Waals surface area contributed by atoms with E-state index in [0.29, 0.717) is 5.92 Å². The van der Waals surface area contributed by atoms with E-state index >= 15 is 0 Å². The maximum atomic E-state index is 12.0. The van der Waals surface area contributed by atoms with Crippen molar-refractivity contribution in [2.45, 2.75) is 37.8 Å². The molecule has 0 atom stereocenters.